The van der Waals surface area contributed by atoms with Crippen molar-refractivity contribution in [3.8, 4) is 12.3 Å². The number of aromatic nitrogens is 2. The number of primary amides is 1. The Bertz CT molecular complexity index is 1200. The van der Waals surface area contributed by atoms with Gasteiger partial charge in [0.15, 0.2) is 0 Å². The van der Waals surface area contributed by atoms with E-state index in [4.69, 9.17) is 21.9 Å². The van der Waals surface area contributed by atoms with E-state index in [2.05, 4.69) is 38.9 Å². The molecule has 0 aromatic carbocycles. The average Bonchev–Trinajstić information content (AvgIpc) is 3.40. The molecule has 4 heterocycles. The Labute approximate surface area is 200 Å². The zero-order valence-electron chi connectivity index (χ0n) is 19.9. The number of carbonyl (C=O) groups is 1. The first-order valence-electron chi connectivity index (χ1n) is 11.9. The van der Waals surface area contributed by atoms with Gasteiger partial charge in [0.05, 0.1) is 12.1 Å². The predicted molar refractivity (Wildman–Crippen MR) is 134 cm³/mol. The van der Waals surface area contributed by atoms with Gasteiger partial charge in [-0.2, -0.15) is 0 Å². The van der Waals surface area contributed by atoms with Crippen LogP contribution < -0.4 is 11.1 Å². The van der Waals surface area contributed by atoms with Crippen molar-refractivity contribution in [3.63, 3.8) is 0 Å². The van der Waals surface area contributed by atoms with E-state index in [1.54, 1.807) is 0 Å². The minimum absolute atomic E-state index is 0.250. The van der Waals surface area contributed by atoms with Crippen molar-refractivity contribution in [2.24, 2.45) is 22.1 Å². The maximum Gasteiger partial charge on any atom is 0.317 e. The summed E-state index contributed by atoms with van der Waals surface area (Å²) in [6.07, 6.45) is 15.0. The Morgan fingerprint density at radius 1 is 1.47 bits per heavy atom. The first kappa shape index (κ1) is 22.6. The van der Waals surface area contributed by atoms with Gasteiger partial charge in [0.25, 0.3) is 0 Å². The number of nitrogens with zero attached hydrogens (tertiary/aromatic N) is 4. The fourth-order valence-electron chi connectivity index (χ4n) is 5.89. The van der Waals surface area contributed by atoms with Gasteiger partial charge in [-0.05, 0) is 56.2 Å². The average molecular weight is 461 g/mol. The second-order valence-electron chi connectivity index (χ2n) is 10.2. The van der Waals surface area contributed by atoms with E-state index < -0.39 is 6.03 Å². The number of carbonyl (C=O) groups excluding carboxylic acids is 1. The Balaban J connectivity index is 1.47. The maximum absolute atomic E-state index is 11.4. The minimum Gasteiger partial charge on any atom is -0.381 e. The van der Waals surface area contributed by atoms with E-state index in [0.717, 1.165) is 35.2 Å². The van der Waals surface area contributed by atoms with Crippen LogP contribution in [0.5, 0.6) is 0 Å². The monoisotopic (exact) mass is 460 g/mol. The highest BCUT2D eigenvalue weighted by atomic mass is 16.5. The van der Waals surface area contributed by atoms with Gasteiger partial charge in [0.1, 0.15) is 12.5 Å². The van der Waals surface area contributed by atoms with Crippen molar-refractivity contribution in [2.45, 2.75) is 38.8 Å². The van der Waals surface area contributed by atoms with Crippen LogP contribution >= 0.6 is 0 Å². The molecule has 34 heavy (non-hydrogen) atoms. The smallest absolute Gasteiger partial charge is 0.317 e. The van der Waals surface area contributed by atoms with E-state index in [9.17, 15) is 4.79 Å². The molecule has 2 aliphatic heterocycles. The number of rotatable bonds is 6. The van der Waals surface area contributed by atoms with Crippen molar-refractivity contribution < 1.29 is 9.53 Å². The molecular weight excluding hydrogens is 428 g/mol. The van der Waals surface area contributed by atoms with Crippen LogP contribution in [0.2, 0.25) is 0 Å². The highest BCUT2D eigenvalue weighted by Gasteiger charge is 2.51. The maximum atomic E-state index is 11.4. The van der Waals surface area contributed by atoms with Crippen molar-refractivity contribution in [1.29, 1.82) is 0 Å². The van der Waals surface area contributed by atoms with Crippen LogP contribution in [0.15, 0.2) is 35.1 Å². The first-order chi connectivity index (χ1) is 16.4. The summed E-state index contributed by atoms with van der Waals surface area (Å²) >= 11 is 0. The summed E-state index contributed by atoms with van der Waals surface area (Å²) in [5.74, 6) is 3.90. The number of ether oxygens (including phenoxy) is 1. The Morgan fingerprint density at radius 3 is 2.91 bits per heavy atom. The standard InChI is InChI=1S/C26H32N6O2/c1-4-17(2)7-22(18-5-6-34-13-18)29-16-32-12-21(19-9-26(10-19)14-31(3)15-26)20-11-28-24(8-23(20)32)30-25(27)33/h1,7-8,11-12,18-19H,5-6,9-10,13-16H2,2-3H3,(H3,27,28,30,33)/b17-7-,29-22?. The fraction of sp³-hybridized carbons (Fsp3) is 0.500. The molecule has 0 radical (unpaired) electrons. The normalized spacial score (nSPS) is 23.0. The number of terminal acetylenes is 1. The number of fused-ring (bicyclic) bond motifs is 1. The molecule has 8 nitrogen and oxygen atoms in total. The molecule has 5 rings (SSSR count). The Kier molecular flexibility index (Phi) is 5.92. The van der Waals surface area contributed by atoms with E-state index >= 15 is 0 Å². The molecule has 2 amide bonds. The number of aliphatic imine (C=N–C) groups is 1. The van der Waals surface area contributed by atoms with Crippen LogP contribution in [0.25, 0.3) is 10.9 Å². The number of urea groups is 1. The number of hydrogen-bond acceptors (Lipinski definition) is 5. The van der Waals surface area contributed by atoms with Gasteiger partial charge in [-0.25, -0.2) is 9.78 Å². The summed E-state index contributed by atoms with van der Waals surface area (Å²) < 4.78 is 7.74. The summed E-state index contributed by atoms with van der Waals surface area (Å²) in [4.78, 5) is 23.2. The molecule has 2 aromatic rings. The number of anilines is 1. The van der Waals surface area contributed by atoms with Gasteiger partial charge in [-0.3, -0.25) is 10.3 Å². The largest absolute Gasteiger partial charge is 0.381 e. The van der Waals surface area contributed by atoms with Crippen molar-refractivity contribution >= 4 is 28.5 Å². The Morgan fingerprint density at radius 2 is 2.26 bits per heavy atom. The molecule has 1 aliphatic carbocycles. The topological polar surface area (TPSA) is 97.8 Å². The number of pyridine rings is 1. The molecule has 0 bridgehead atoms. The van der Waals surface area contributed by atoms with Crippen LogP contribution in [0.1, 0.15) is 37.7 Å². The lowest BCUT2D eigenvalue weighted by atomic mass is 9.56. The zero-order chi connectivity index (χ0) is 23.9. The van der Waals surface area contributed by atoms with Gasteiger partial charge in [-0.15, -0.1) is 6.42 Å². The summed E-state index contributed by atoms with van der Waals surface area (Å²) in [5.41, 5.74) is 9.94. The molecule has 1 saturated carbocycles. The van der Waals surface area contributed by atoms with Gasteiger partial charge >= 0.3 is 6.03 Å². The van der Waals surface area contributed by atoms with Gasteiger partial charge < -0.3 is 19.9 Å². The summed E-state index contributed by atoms with van der Waals surface area (Å²) in [5, 5.41) is 3.71. The highest BCUT2D eigenvalue weighted by Crippen LogP contribution is 2.56. The third-order valence-electron chi connectivity index (χ3n) is 7.40. The van der Waals surface area contributed by atoms with E-state index in [-0.39, 0.29) is 5.92 Å². The molecule has 3 N–H and O–H groups in total. The molecule has 1 unspecified atom stereocenters. The molecule has 8 heteroatoms. The lowest BCUT2D eigenvalue weighted by Crippen LogP contribution is -2.59. The molecule has 1 atom stereocenters. The molecule has 1 spiro atoms. The predicted octanol–water partition coefficient (Wildman–Crippen LogP) is 3.35. The lowest BCUT2D eigenvalue weighted by Gasteiger charge is -2.58. The van der Waals surface area contributed by atoms with Crippen LogP contribution in [0, 0.1) is 23.7 Å². The number of hydrogen-bond donors (Lipinski definition) is 2. The summed E-state index contributed by atoms with van der Waals surface area (Å²) in [6, 6.07) is 1.25. The number of likely N-dealkylation sites (tertiary alicyclic amines) is 1. The second-order valence-corrected chi connectivity index (χ2v) is 10.2. The molecule has 3 aliphatic rings. The zero-order valence-corrected chi connectivity index (χ0v) is 19.9. The van der Waals surface area contributed by atoms with Gasteiger partial charge in [-0.1, -0.05) is 5.92 Å². The molecule has 2 saturated heterocycles. The van der Waals surface area contributed by atoms with Crippen molar-refractivity contribution in [1.82, 2.24) is 14.5 Å². The number of nitrogens with two attached hydrogens (primary N) is 1. The summed E-state index contributed by atoms with van der Waals surface area (Å²) in [6.45, 7) is 6.16. The van der Waals surface area contributed by atoms with Crippen LogP contribution in [-0.4, -0.2) is 59.5 Å². The number of nitrogens with one attached hydrogen (secondary N) is 1. The van der Waals surface area contributed by atoms with E-state index in [1.807, 2.05) is 25.3 Å². The van der Waals surface area contributed by atoms with Gasteiger partial charge in [0, 0.05) is 60.7 Å². The number of amides is 2. The highest BCUT2D eigenvalue weighted by molar-refractivity contribution is 5.98. The fourth-order valence-corrected chi connectivity index (χ4v) is 5.89. The second kappa shape index (κ2) is 8.90. The SMILES string of the molecule is C#C/C(C)=C\C(=NCn1cc(C2CC3(C2)CN(C)C3)c2cnc(NC(N)=O)cc21)C1CCOC1. The quantitative estimate of drug-likeness (QED) is 0.510. The van der Waals surface area contributed by atoms with Gasteiger partial charge in [0.2, 0.25) is 0 Å². The van der Waals surface area contributed by atoms with E-state index in [0.29, 0.717) is 30.4 Å². The lowest BCUT2D eigenvalue weighted by molar-refractivity contribution is -0.0581. The number of allylic oxidation sites excluding steroid dienone is 2. The van der Waals surface area contributed by atoms with Crippen LogP contribution in [0.3, 0.4) is 0 Å². The van der Waals surface area contributed by atoms with Crippen LogP contribution in [-0.2, 0) is 11.4 Å². The molecule has 2 aromatic heterocycles. The Hall–Kier alpha value is -3.15. The molecule has 3 fully saturated rings. The summed E-state index contributed by atoms with van der Waals surface area (Å²) in [7, 11) is 2.18. The minimum atomic E-state index is -0.628. The first-order valence-corrected chi connectivity index (χ1v) is 11.9. The third kappa shape index (κ3) is 4.33. The van der Waals surface area contributed by atoms with Crippen molar-refractivity contribution in [2.75, 3.05) is 38.7 Å². The van der Waals surface area contributed by atoms with Crippen LogP contribution in [0.4, 0.5) is 10.6 Å². The van der Waals surface area contributed by atoms with Crippen molar-refractivity contribution in [3.05, 3.63) is 35.7 Å². The third-order valence-corrected chi connectivity index (χ3v) is 7.40. The molecule has 178 valence electrons. The van der Waals surface area contributed by atoms with E-state index in [1.165, 1.54) is 31.5 Å². The molecular formula is C26H32N6O2.